The van der Waals surface area contributed by atoms with Gasteiger partial charge in [-0.3, -0.25) is 9.98 Å². The van der Waals surface area contributed by atoms with E-state index in [1.165, 1.54) is 0 Å². The average Bonchev–Trinajstić information content (AvgIpc) is 2.72. The molecule has 0 saturated carbocycles. The molecule has 2 heterocycles. The number of benzene rings is 2. The van der Waals surface area contributed by atoms with Crippen LogP contribution in [0.4, 0.5) is 5.69 Å². The number of hydrogen-bond acceptors (Lipinski definition) is 3. The molecule has 2 aromatic rings. The molecule has 0 bridgehead atoms. The summed E-state index contributed by atoms with van der Waals surface area (Å²) in [4.78, 5) is 11.8. The molecule has 2 aliphatic rings. The van der Waals surface area contributed by atoms with Gasteiger partial charge in [-0.1, -0.05) is 41.9 Å². The molecule has 0 N–H and O–H groups in total. The number of rotatable bonds is 1. The van der Waals surface area contributed by atoms with Crippen molar-refractivity contribution in [1.82, 2.24) is 0 Å². The fourth-order valence-corrected chi connectivity index (χ4v) is 3.23. The Labute approximate surface area is 135 Å². The van der Waals surface area contributed by atoms with E-state index in [2.05, 4.69) is 28.1 Å². The van der Waals surface area contributed by atoms with Gasteiger partial charge in [0.25, 0.3) is 0 Å². The first-order valence-electron chi connectivity index (χ1n) is 7.53. The van der Waals surface area contributed by atoms with Gasteiger partial charge < -0.3 is 4.90 Å². The Morgan fingerprint density at radius 1 is 1.00 bits per heavy atom. The average molecular weight is 310 g/mol. The standard InChI is InChI=1S/C18H16ClN3/c19-14-7-8-16-15(11-14)18(13-5-2-1-3-6-13)21-12-17-20-9-4-10-22(16)17/h1-3,5-8,11H,4,9-10,12H2. The Bertz CT molecular complexity index is 765. The molecular formula is C18H16ClN3. The molecule has 0 radical (unpaired) electrons. The Hall–Kier alpha value is -2.13. The number of fused-ring (bicyclic) bond motifs is 3. The van der Waals surface area contributed by atoms with Crippen molar-refractivity contribution >= 4 is 28.8 Å². The lowest BCUT2D eigenvalue weighted by molar-refractivity contribution is 0.783. The monoisotopic (exact) mass is 309 g/mol. The number of halogens is 1. The van der Waals surface area contributed by atoms with Crippen molar-refractivity contribution in [1.29, 1.82) is 0 Å². The predicted octanol–water partition coefficient (Wildman–Crippen LogP) is 3.80. The van der Waals surface area contributed by atoms with Gasteiger partial charge in [0, 0.05) is 29.2 Å². The van der Waals surface area contributed by atoms with E-state index in [1.807, 2.05) is 30.3 Å². The molecule has 0 spiro atoms. The second-order valence-electron chi connectivity index (χ2n) is 5.50. The van der Waals surface area contributed by atoms with Gasteiger partial charge in [-0.15, -0.1) is 0 Å². The van der Waals surface area contributed by atoms with Crippen molar-refractivity contribution in [2.75, 3.05) is 24.5 Å². The maximum atomic E-state index is 6.25. The minimum Gasteiger partial charge on any atom is -0.328 e. The van der Waals surface area contributed by atoms with E-state index >= 15 is 0 Å². The zero-order chi connectivity index (χ0) is 14.9. The number of nitrogens with zero attached hydrogens (tertiary/aromatic N) is 3. The Kier molecular flexibility index (Phi) is 3.43. The Morgan fingerprint density at radius 2 is 1.86 bits per heavy atom. The molecular weight excluding hydrogens is 294 g/mol. The van der Waals surface area contributed by atoms with Crippen LogP contribution in [0.15, 0.2) is 58.5 Å². The van der Waals surface area contributed by atoms with Crippen LogP contribution in [0.2, 0.25) is 5.02 Å². The topological polar surface area (TPSA) is 28.0 Å². The van der Waals surface area contributed by atoms with Crippen LogP contribution in [0, 0.1) is 0 Å². The summed E-state index contributed by atoms with van der Waals surface area (Å²) in [5.74, 6) is 1.06. The lowest BCUT2D eigenvalue weighted by Gasteiger charge is -2.28. The smallest absolute Gasteiger partial charge is 0.125 e. The molecule has 110 valence electrons. The summed E-state index contributed by atoms with van der Waals surface area (Å²) in [5.41, 5.74) is 4.36. The number of amidine groups is 1. The lowest BCUT2D eigenvalue weighted by atomic mass is 10.00. The predicted molar refractivity (Wildman–Crippen MR) is 92.7 cm³/mol. The van der Waals surface area contributed by atoms with Crippen LogP contribution < -0.4 is 4.90 Å². The summed E-state index contributed by atoms with van der Waals surface area (Å²) in [7, 11) is 0. The fourth-order valence-electron chi connectivity index (χ4n) is 3.06. The molecule has 0 fully saturated rings. The number of aliphatic imine (C=N–C) groups is 2. The van der Waals surface area contributed by atoms with E-state index in [-0.39, 0.29) is 0 Å². The normalized spacial score (nSPS) is 17.0. The molecule has 3 nitrogen and oxygen atoms in total. The summed E-state index contributed by atoms with van der Waals surface area (Å²) < 4.78 is 0. The van der Waals surface area contributed by atoms with Crippen LogP contribution in [0.3, 0.4) is 0 Å². The zero-order valence-corrected chi connectivity index (χ0v) is 12.9. The molecule has 0 unspecified atom stereocenters. The molecule has 0 aromatic heterocycles. The molecule has 4 rings (SSSR count). The van der Waals surface area contributed by atoms with Gasteiger partial charge in [-0.2, -0.15) is 0 Å². The van der Waals surface area contributed by atoms with E-state index in [4.69, 9.17) is 16.6 Å². The second kappa shape index (κ2) is 5.58. The largest absolute Gasteiger partial charge is 0.328 e. The summed E-state index contributed by atoms with van der Waals surface area (Å²) in [6.45, 7) is 2.51. The van der Waals surface area contributed by atoms with Crippen LogP contribution in [0.5, 0.6) is 0 Å². The van der Waals surface area contributed by atoms with Crippen LogP contribution in [0.1, 0.15) is 17.5 Å². The van der Waals surface area contributed by atoms with E-state index < -0.39 is 0 Å². The van der Waals surface area contributed by atoms with Gasteiger partial charge in [-0.05, 0) is 24.6 Å². The van der Waals surface area contributed by atoms with Crippen molar-refractivity contribution < 1.29 is 0 Å². The highest BCUT2D eigenvalue weighted by molar-refractivity contribution is 6.32. The first-order chi connectivity index (χ1) is 10.8. The van der Waals surface area contributed by atoms with E-state index in [0.717, 1.165) is 52.9 Å². The number of anilines is 1. The highest BCUT2D eigenvalue weighted by Gasteiger charge is 2.25. The number of hydrogen-bond donors (Lipinski definition) is 0. The summed E-state index contributed by atoms with van der Waals surface area (Å²) in [6.07, 6.45) is 1.08. The maximum Gasteiger partial charge on any atom is 0.125 e. The maximum absolute atomic E-state index is 6.25. The second-order valence-corrected chi connectivity index (χ2v) is 5.93. The van der Waals surface area contributed by atoms with Crippen molar-refractivity contribution in [3.63, 3.8) is 0 Å². The first kappa shape index (κ1) is 13.5. The first-order valence-corrected chi connectivity index (χ1v) is 7.91. The van der Waals surface area contributed by atoms with Crippen LogP contribution in [0.25, 0.3) is 0 Å². The van der Waals surface area contributed by atoms with Gasteiger partial charge in [0.05, 0.1) is 17.9 Å². The molecule has 2 aromatic carbocycles. The van der Waals surface area contributed by atoms with Gasteiger partial charge in [0.15, 0.2) is 0 Å². The lowest BCUT2D eigenvalue weighted by Crippen LogP contribution is -2.37. The highest BCUT2D eigenvalue weighted by Crippen LogP contribution is 2.30. The summed E-state index contributed by atoms with van der Waals surface area (Å²) in [6, 6.07) is 16.3. The van der Waals surface area contributed by atoms with Crippen molar-refractivity contribution in [3.8, 4) is 0 Å². The van der Waals surface area contributed by atoms with Crippen LogP contribution in [-0.4, -0.2) is 31.2 Å². The van der Waals surface area contributed by atoms with Gasteiger partial charge in [0.2, 0.25) is 0 Å². The van der Waals surface area contributed by atoms with Gasteiger partial charge in [0.1, 0.15) is 5.84 Å². The fraction of sp³-hybridized carbons (Fsp3) is 0.222. The van der Waals surface area contributed by atoms with E-state index in [9.17, 15) is 0 Å². The summed E-state index contributed by atoms with van der Waals surface area (Å²) in [5, 5.41) is 0.736. The molecule has 22 heavy (non-hydrogen) atoms. The SMILES string of the molecule is Clc1ccc2c(c1)C(c1ccccc1)=NCC1=NCCCN12. The third kappa shape index (κ3) is 2.32. The quantitative estimate of drug-likeness (QED) is 0.787. The molecule has 0 aliphatic carbocycles. The van der Waals surface area contributed by atoms with E-state index in [0.29, 0.717) is 6.54 Å². The van der Waals surface area contributed by atoms with Gasteiger partial charge in [-0.25, -0.2) is 0 Å². The highest BCUT2D eigenvalue weighted by atomic mass is 35.5. The molecule has 0 saturated heterocycles. The zero-order valence-electron chi connectivity index (χ0n) is 12.2. The molecule has 2 aliphatic heterocycles. The molecule has 4 heteroatoms. The van der Waals surface area contributed by atoms with Crippen molar-refractivity contribution in [2.24, 2.45) is 9.98 Å². The van der Waals surface area contributed by atoms with E-state index in [1.54, 1.807) is 0 Å². The van der Waals surface area contributed by atoms with Gasteiger partial charge >= 0.3 is 0 Å². The van der Waals surface area contributed by atoms with Crippen molar-refractivity contribution in [3.05, 3.63) is 64.7 Å². The van der Waals surface area contributed by atoms with Crippen LogP contribution in [-0.2, 0) is 0 Å². The third-order valence-corrected chi connectivity index (χ3v) is 4.31. The van der Waals surface area contributed by atoms with Crippen molar-refractivity contribution in [2.45, 2.75) is 6.42 Å². The molecule has 0 atom stereocenters. The third-order valence-electron chi connectivity index (χ3n) is 4.08. The Balaban J connectivity index is 1.93. The minimum atomic E-state index is 0.622. The Morgan fingerprint density at radius 3 is 2.73 bits per heavy atom. The minimum absolute atomic E-state index is 0.622. The molecule has 0 amide bonds. The van der Waals surface area contributed by atoms with Crippen LogP contribution >= 0.6 is 11.6 Å². The summed E-state index contributed by atoms with van der Waals surface area (Å²) >= 11 is 6.25.